The number of alkyl halides is 3. The van der Waals surface area contributed by atoms with E-state index in [-0.39, 0.29) is 5.52 Å². The van der Waals surface area contributed by atoms with Crippen LogP contribution in [-0.2, 0) is 6.18 Å². The fraction of sp³-hybridized carbons (Fsp3) is 0.0556. The first-order valence-corrected chi connectivity index (χ1v) is 7.55. The Labute approximate surface area is 140 Å². The molecule has 0 bridgehead atoms. The standard InChI is InChI=1S/C18H10ClF3N2/c19-14-10-24(16-4-2-1-3-12(14)16)17-7-8-23-15-9-11(18(20,21)22)5-6-13(15)17/h1-10H. The number of hydrogen-bond donors (Lipinski definition) is 0. The Hall–Kier alpha value is -2.53. The molecule has 0 aliphatic rings. The summed E-state index contributed by atoms with van der Waals surface area (Å²) < 4.78 is 40.6. The van der Waals surface area contributed by atoms with Crippen molar-refractivity contribution in [2.24, 2.45) is 0 Å². The Kier molecular flexibility index (Phi) is 3.28. The molecule has 0 amide bonds. The maximum atomic E-state index is 12.9. The molecule has 2 heterocycles. The van der Waals surface area contributed by atoms with Crippen molar-refractivity contribution in [2.75, 3.05) is 0 Å². The van der Waals surface area contributed by atoms with E-state index in [1.54, 1.807) is 12.3 Å². The molecule has 0 aliphatic carbocycles. The van der Waals surface area contributed by atoms with E-state index in [0.717, 1.165) is 28.7 Å². The van der Waals surface area contributed by atoms with Gasteiger partial charge in [-0.05, 0) is 24.3 Å². The average molecular weight is 347 g/mol. The summed E-state index contributed by atoms with van der Waals surface area (Å²) in [6.45, 7) is 0. The highest BCUT2D eigenvalue weighted by molar-refractivity contribution is 6.35. The second-order valence-electron chi connectivity index (χ2n) is 5.42. The molecule has 0 N–H and O–H groups in total. The van der Waals surface area contributed by atoms with Crippen LogP contribution in [0.3, 0.4) is 0 Å². The molecule has 6 heteroatoms. The second kappa shape index (κ2) is 5.24. The normalized spacial score (nSPS) is 12.2. The number of hydrogen-bond acceptors (Lipinski definition) is 1. The van der Waals surface area contributed by atoms with E-state index in [4.69, 9.17) is 11.6 Å². The average Bonchev–Trinajstić information content (AvgIpc) is 2.90. The largest absolute Gasteiger partial charge is 0.416 e. The second-order valence-corrected chi connectivity index (χ2v) is 5.83. The topological polar surface area (TPSA) is 17.8 Å². The lowest BCUT2D eigenvalue weighted by Gasteiger charge is -2.11. The Morgan fingerprint density at radius 1 is 0.958 bits per heavy atom. The number of aromatic nitrogens is 2. The third-order valence-electron chi connectivity index (χ3n) is 3.97. The summed E-state index contributed by atoms with van der Waals surface area (Å²) >= 11 is 6.28. The molecule has 0 radical (unpaired) electrons. The number of para-hydroxylation sites is 1. The van der Waals surface area contributed by atoms with Gasteiger partial charge in [0.15, 0.2) is 0 Å². The van der Waals surface area contributed by atoms with E-state index >= 15 is 0 Å². The van der Waals surface area contributed by atoms with Gasteiger partial charge >= 0.3 is 6.18 Å². The number of benzene rings is 2. The Morgan fingerprint density at radius 2 is 1.75 bits per heavy atom. The zero-order valence-electron chi connectivity index (χ0n) is 12.2. The molecule has 0 saturated heterocycles. The van der Waals surface area contributed by atoms with Crippen molar-refractivity contribution in [3.05, 3.63) is 71.5 Å². The molecule has 2 aromatic heterocycles. The van der Waals surface area contributed by atoms with Crippen molar-refractivity contribution in [1.29, 1.82) is 0 Å². The van der Waals surface area contributed by atoms with E-state index in [1.165, 1.54) is 12.3 Å². The van der Waals surface area contributed by atoms with E-state index in [9.17, 15) is 13.2 Å². The summed E-state index contributed by atoms with van der Waals surface area (Å²) in [7, 11) is 0. The van der Waals surface area contributed by atoms with Crippen molar-refractivity contribution in [1.82, 2.24) is 9.55 Å². The number of fused-ring (bicyclic) bond motifs is 2. The van der Waals surface area contributed by atoms with Crippen molar-refractivity contribution in [3.8, 4) is 5.69 Å². The number of nitrogens with zero attached hydrogens (tertiary/aromatic N) is 2. The van der Waals surface area contributed by atoms with Crippen LogP contribution in [0.1, 0.15) is 5.56 Å². The minimum atomic E-state index is -4.39. The van der Waals surface area contributed by atoms with Gasteiger partial charge in [-0.1, -0.05) is 35.9 Å². The van der Waals surface area contributed by atoms with Crippen LogP contribution in [0.25, 0.3) is 27.5 Å². The quantitative estimate of drug-likeness (QED) is 0.422. The molecule has 0 spiro atoms. The predicted octanol–water partition coefficient (Wildman–Crippen LogP) is 5.85. The zero-order chi connectivity index (χ0) is 16.9. The third kappa shape index (κ3) is 2.32. The van der Waals surface area contributed by atoms with Crippen LogP contribution in [0.15, 0.2) is 60.9 Å². The molecule has 0 atom stereocenters. The highest BCUT2D eigenvalue weighted by Crippen LogP contribution is 2.34. The van der Waals surface area contributed by atoms with Gasteiger partial charge in [0.05, 0.1) is 27.3 Å². The highest BCUT2D eigenvalue weighted by atomic mass is 35.5. The predicted molar refractivity (Wildman–Crippen MR) is 88.6 cm³/mol. The molecular formula is C18H10ClF3N2. The molecule has 4 rings (SSSR count). The number of halogens is 4. The van der Waals surface area contributed by atoms with Gasteiger partial charge in [0.25, 0.3) is 0 Å². The minimum Gasteiger partial charge on any atom is -0.314 e. The van der Waals surface area contributed by atoms with Gasteiger partial charge in [0.1, 0.15) is 0 Å². The Bertz CT molecular complexity index is 1070. The summed E-state index contributed by atoms with van der Waals surface area (Å²) in [5.74, 6) is 0. The van der Waals surface area contributed by atoms with Crippen LogP contribution in [-0.4, -0.2) is 9.55 Å². The lowest BCUT2D eigenvalue weighted by Crippen LogP contribution is -2.05. The molecule has 4 aromatic rings. The summed E-state index contributed by atoms with van der Waals surface area (Å²) in [5, 5.41) is 2.10. The van der Waals surface area contributed by atoms with Gasteiger partial charge in [-0.2, -0.15) is 13.2 Å². The van der Waals surface area contributed by atoms with Crippen LogP contribution in [0, 0.1) is 0 Å². The Balaban J connectivity index is 2.00. The minimum absolute atomic E-state index is 0.288. The van der Waals surface area contributed by atoms with Crippen molar-refractivity contribution < 1.29 is 13.2 Å². The van der Waals surface area contributed by atoms with Gasteiger partial charge in [-0.15, -0.1) is 0 Å². The first-order chi connectivity index (χ1) is 11.4. The van der Waals surface area contributed by atoms with Crippen LogP contribution in [0.2, 0.25) is 5.02 Å². The lowest BCUT2D eigenvalue weighted by molar-refractivity contribution is -0.137. The Morgan fingerprint density at radius 3 is 2.54 bits per heavy atom. The van der Waals surface area contributed by atoms with Crippen LogP contribution in [0.4, 0.5) is 13.2 Å². The third-order valence-corrected chi connectivity index (χ3v) is 4.27. The fourth-order valence-corrected chi connectivity index (χ4v) is 3.11. The van der Waals surface area contributed by atoms with Crippen molar-refractivity contribution >= 4 is 33.4 Å². The van der Waals surface area contributed by atoms with E-state index in [0.29, 0.717) is 10.4 Å². The van der Waals surface area contributed by atoms with Crippen LogP contribution < -0.4 is 0 Å². The van der Waals surface area contributed by atoms with Gasteiger partial charge in [-0.25, -0.2) is 0 Å². The molecule has 24 heavy (non-hydrogen) atoms. The van der Waals surface area contributed by atoms with Gasteiger partial charge in [-0.3, -0.25) is 4.98 Å². The SMILES string of the molecule is FC(F)(F)c1ccc2c(-n3cc(Cl)c4ccccc43)ccnc2c1. The van der Waals surface area contributed by atoms with Gasteiger partial charge in [0.2, 0.25) is 0 Å². The number of rotatable bonds is 1. The zero-order valence-corrected chi connectivity index (χ0v) is 12.9. The van der Waals surface area contributed by atoms with Crippen molar-refractivity contribution in [3.63, 3.8) is 0 Å². The van der Waals surface area contributed by atoms with Gasteiger partial charge < -0.3 is 4.57 Å². The molecule has 2 aromatic carbocycles. The highest BCUT2D eigenvalue weighted by Gasteiger charge is 2.30. The summed E-state index contributed by atoms with van der Waals surface area (Å²) in [6, 6.07) is 12.9. The maximum Gasteiger partial charge on any atom is 0.416 e. The van der Waals surface area contributed by atoms with Crippen molar-refractivity contribution in [2.45, 2.75) is 6.18 Å². The molecule has 0 saturated carbocycles. The lowest BCUT2D eigenvalue weighted by atomic mass is 10.1. The first kappa shape index (κ1) is 15.0. The molecule has 0 fully saturated rings. The van der Waals surface area contributed by atoms with Gasteiger partial charge in [0, 0.05) is 23.2 Å². The summed E-state index contributed by atoms with van der Waals surface area (Å²) in [6.07, 6.45) is -1.13. The van der Waals surface area contributed by atoms with Crippen LogP contribution in [0.5, 0.6) is 0 Å². The van der Waals surface area contributed by atoms with Crippen LogP contribution >= 0.6 is 11.6 Å². The molecular weight excluding hydrogens is 337 g/mol. The molecule has 0 aliphatic heterocycles. The monoisotopic (exact) mass is 346 g/mol. The first-order valence-electron chi connectivity index (χ1n) is 7.17. The maximum absolute atomic E-state index is 12.9. The molecule has 2 nitrogen and oxygen atoms in total. The molecule has 0 unspecified atom stereocenters. The van der Waals surface area contributed by atoms with E-state index in [1.807, 2.05) is 28.8 Å². The molecule has 120 valence electrons. The number of pyridine rings is 1. The smallest absolute Gasteiger partial charge is 0.314 e. The summed E-state index contributed by atoms with van der Waals surface area (Å²) in [5.41, 5.74) is 1.19. The fourth-order valence-electron chi connectivity index (χ4n) is 2.86. The van der Waals surface area contributed by atoms with E-state index in [2.05, 4.69) is 4.98 Å². The van der Waals surface area contributed by atoms with E-state index < -0.39 is 11.7 Å². The summed E-state index contributed by atoms with van der Waals surface area (Å²) in [4.78, 5) is 4.08.